The van der Waals surface area contributed by atoms with Gasteiger partial charge in [0.15, 0.2) is 0 Å². The van der Waals surface area contributed by atoms with Gasteiger partial charge >= 0.3 is 0 Å². The molecule has 1 nitrogen and oxygen atoms in total. The predicted molar refractivity (Wildman–Crippen MR) is 70.7 cm³/mol. The lowest BCUT2D eigenvalue weighted by atomic mass is 9.92. The van der Waals surface area contributed by atoms with Crippen LogP contribution in [-0.4, -0.2) is 7.11 Å². The number of hydrogen-bond donors (Lipinski definition) is 0. The van der Waals surface area contributed by atoms with Gasteiger partial charge < -0.3 is 4.74 Å². The number of benzene rings is 1. The Labute approximate surface area is 104 Å². The Hall–Kier alpha value is -0.980. The minimum atomic E-state index is 0.666. The van der Waals surface area contributed by atoms with E-state index in [0.717, 1.165) is 17.8 Å². The van der Waals surface area contributed by atoms with Crippen molar-refractivity contribution >= 4 is 0 Å². The largest absolute Gasteiger partial charge is 0.496 e. The maximum atomic E-state index is 5.73. The van der Waals surface area contributed by atoms with Gasteiger partial charge in [0.25, 0.3) is 0 Å². The van der Waals surface area contributed by atoms with Crippen molar-refractivity contribution in [1.82, 2.24) is 0 Å². The molecule has 0 aliphatic heterocycles. The van der Waals surface area contributed by atoms with E-state index in [4.69, 9.17) is 4.74 Å². The van der Waals surface area contributed by atoms with Gasteiger partial charge in [0.2, 0.25) is 0 Å². The molecule has 0 saturated heterocycles. The molecule has 1 heteroatoms. The first-order valence-corrected chi connectivity index (χ1v) is 6.89. The number of para-hydroxylation sites is 1. The van der Waals surface area contributed by atoms with Crippen molar-refractivity contribution in [1.29, 1.82) is 0 Å². The zero-order valence-electron chi connectivity index (χ0n) is 11.1. The summed E-state index contributed by atoms with van der Waals surface area (Å²) in [5, 5.41) is 0. The van der Waals surface area contributed by atoms with Crippen molar-refractivity contribution in [3.05, 3.63) is 29.3 Å². The van der Waals surface area contributed by atoms with E-state index in [0.29, 0.717) is 5.92 Å². The second kappa shape index (κ2) is 4.04. The Morgan fingerprint density at radius 2 is 2.00 bits per heavy atom. The van der Waals surface area contributed by atoms with Crippen molar-refractivity contribution in [2.45, 2.75) is 44.9 Å². The average molecular weight is 230 g/mol. The van der Waals surface area contributed by atoms with E-state index in [1.54, 1.807) is 0 Å². The average Bonchev–Trinajstić information content (AvgIpc) is 3.22. The van der Waals surface area contributed by atoms with E-state index in [9.17, 15) is 0 Å². The lowest BCUT2D eigenvalue weighted by Crippen LogP contribution is -2.02. The fraction of sp³-hybridized carbons (Fsp3) is 0.625. The van der Waals surface area contributed by atoms with Gasteiger partial charge in [-0.15, -0.1) is 0 Å². The summed E-state index contributed by atoms with van der Waals surface area (Å²) in [5.74, 6) is 4.34. The van der Waals surface area contributed by atoms with Crippen LogP contribution in [-0.2, 0) is 0 Å². The van der Waals surface area contributed by atoms with Crippen LogP contribution in [0, 0.1) is 11.8 Å². The van der Waals surface area contributed by atoms with Crippen LogP contribution in [0.5, 0.6) is 5.75 Å². The molecule has 0 spiro atoms. The van der Waals surface area contributed by atoms with Gasteiger partial charge in [-0.25, -0.2) is 0 Å². The van der Waals surface area contributed by atoms with Crippen LogP contribution in [0.15, 0.2) is 18.2 Å². The van der Waals surface area contributed by atoms with Gasteiger partial charge in [-0.1, -0.05) is 32.0 Å². The van der Waals surface area contributed by atoms with Gasteiger partial charge in [-0.05, 0) is 54.1 Å². The summed E-state index contributed by atoms with van der Waals surface area (Å²) in [6, 6.07) is 6.74. The molecule has 0 radical (unpaired) electrons. The minimum Gasteiger partial charge on any atom is -0.496 e. The molecule has 17 heavy (non-hydrogen) atoms. The van der Waals surface area contributed by atoms with E-state index >= 15 is 0 Å². The lowest BCUT2D eigenvalue weighted by molar-refractivity contribution is 0.398. The summed E-state index contributed by atoms with van der Waals surface area (Å²) in [7, 11) is 1.83. The summed E-state index contributed by atoms with van der Waals surface area (Å²) in [5.41, 5.74) is 2.89. The van der Waals surface area contributed by atoms with Crippen LogP contribution in [0.1, 0.15) is 56.1 Å². The van der Waals surface area contributed by atoms with Crippen molar-refractivity contribution in [2.75, 3.05) is 7.11 Å². The quantitative estimate of drug-likeness (QED) is 0.748. The molecule has 0 aromatic heterocycles. The first kappa shape index (κ1) is 11.1. The fourth-order valence-corrected chi connectivity index (χ4v) is 3.07. The third-order valence-electron chi connectivity index (χ3n) is 4.61. The molecule has 0 amide bonds. The molecule has 3 atom stereocenters. The summed E-state index contributed by atoms with van der Waals surface area (Å²) in [4.78, 5) is 0. The lowest BCUT2D eigenvalue weighted by Gasteiger charge is -2.18. The van der Waals surface area contributed by atoms with Crippen LogP contribution >= 0.6 is 0 Å². The molecule has 2 aliphatic rings. The SMILES string of the molecule is COc1c(C(C)C2CC2)cccc1C1CC1C. The monoisotopic (exact) mass is 230 g/mol. The number of ether oxygens (including phenoxy) is 1. The number of methoxy groups -OCH3 is 1. The molecule has 1 aromatic carbocycles. The maximum Gasteiger partial charge on any atom is 0.125 e. The number of rotatable bonds is 4. The van der Waals surface area contributed by atoms with Crippen LogP contribution < -0.4 is 4.74 Å². The van der Waals surface area contributed by atoms with E-state index < -0.39 is 0 Å². The van der Waals surface area contributed by atoms with Gasteiger partial charge in [0.05, 0.1) is 7.11 Å². The zero-order chi connectivity index (χ0) is 12.0. The van der Waals surface area contributed by atoms with Crippen molar-refractivity contribution in [2.24, 2.45) is 11.8 Å². The second-order valence-electron chi connectivity index (χ2n) is 5.92. The summed E-state index contributed by atoms with van der Waals surface area (Å²) in [6.07, 6.45) is 4.13. The molecule has 0 heterocycles. The van der Waals surface area contributed by atoms with Crippen LogP contribution in [0.3, 0.4) is 0 Å². The molecular formula is C16H22O. The third-order valence-corrected chi connectivity index (χ3v) is 4.61. The molecule has 0 N–H and O–H groups in total. The van der Waals surface area contributed by atoms with Crippen LogP contribution in [0.25, 0.3) is 0 Å². The summed E-state index contributed by atoms with van der Waals surface area (Å²) >= 11 is 0. The highest BCUT2D eigenvalue weighted by Gasteiger charge is 2.38. The van der Waals surface area contributed by atoms with E-state index in [-0.39, 0.29) is 0 Å². The summed E-state index contributed by atoms with van der Waals surface area (Å²) in [6.45, 7) is 4.69. The highest BCUT2D eigenvalue weighted by Crippen LogP contribution is 2.53. The first-order chi connectivity index (χ1) is 8.22. The minimum absolute atomic E-state index is 0.666. The highest BCUT2D eigenvalue weighted by atomic mass is 16.5. The van der Waals surface area contributed by atoms with Crippen LogP contribution in [0.2, 0.25) is 0 Å². The van der Waals surface area contributed by atoms with Crippen molar-refractivity contribution < 1.29 is 4.74 Å². The normalized spacial score (nSPS) is 28.9. The third kappa shape index (κ3) is 1.96. The van der Waals surface area contributed by atoms with E-state index in [1.165, 1.54) is 36.1 Å². The van der Waals surface area contributed by atoms with Crippen molar-refractivity contribution in [3.63, 3.8) is 0 Å². The second-order valence-corrected chi connectivity index (χ2v) is 5.92. The van der Waals surface area contributed by atoms with E-state index in [1.807, 2.05) is 7.11 Å². The Morgan fingerprint density at radius 3 is 2.53 bits per heavy atom. The Balaban J connectivity index is 1.96. The molecule has 1 aromatic rings. The van der Waals surface area contributed by atoms with E-state index in [2.05, 4.69) is 32.0 Å². The zero-order valence-corrected chi connectivity index (χ0v) is 11.1. The maximum absolute atomic E-state index is 5.73. The molecular weight excluding hydrogens is 208 g/mol. The van der Waals surface area contributed by atoms with Crippen molar-refractivity contribution in [3.8, 4) is 5.75 Å². The molecule has 92 valence electrons. The molecule has 3 rings (SSSR count). The Bertz CT molecular complexity index is 420. The molecule has 3 unspecified atom stereocenters. The Kier molecular flexibility index (Phi) is 2.65. The van der Waals surface area contributed by atoms with Gasteiger partial charge in [-0.3, -0.25) is 0 Å². The molecule has 2 saturated carbocycles. The standard InChI is InChI=1S/C16H22O/c1-10-9-15(10)14-6-4-5-13(16(14)17-3)11(2)12-7-8-12/h4-6,10-12,15H,7-9H2,1-3H3. The predicted octanol–water partition coefficient (Wildman–Crippen LogP) is 4.33. The smallest absolute Gasteiger partial charge is 0.125 e. The van der Waals surface area contributed by atoms with Gasteiger partial charge in [0, 0.05) is 0 Å². The van der Waals surface area contributed by atoms with Gasteiger partial charge in [0.1, 0.15) is 5.75 Å². The highest BCUT2D eigenvalue weighted by molar-refractivity contribution is 5.47. The molecule has 0 bridgehead atoms. The van der Waals surface area contributed by atoms with Gasteiger partial charge in [-0.2, -0.15) is 0 Å². The topological polar surface area (TPSA) is 9.23 Å². The molecule has 2 fully saturated rings. The number of hydrogen-bond acceptors (Lipinski definition) is 1. The fourth-order valence-electron chi connectivity index (χ4n) is 3.07. The first-order valence-electron chi connectivity index (χ1n) is 6.89. The molecule has 2 aliphatic carbocycles. The Morgan fingerprint density at radius 1 is 1.29 bits per heavy atom. The summed E-state index contributed by atoms with van der Waals surface area (Å²) < 4.78 is 5.73. The van der Waals surface area contributed by atoms with Crippen LogP contribution in [0.4, 0.5) is 0 Å².